The van der Waals surface area contributed by atoms with E-state index in [0.717, 1.165) is 19.4 Å². The molecule has 0 bridgehead atoms. The minimum atomic E-state index is -0.174. The summed E-state index contributed by atoms with van der Waals surface area (Å²) in [5.41, 5.74) is 6.34. The van der Waals surface area contributed by atoms with Gasteiger partial charge in [0.25, 0.3) is 0 Å². The molecule has 1 heterocycles. The fraction of sp³-hybridized carbons (Fsp3) is 0.440. The maximum absolute atomic E-state index is 12.5. The summed E-state index contributed by atoms with van der Waals surface area (Å²) in [5, 5.41) is 5.86. The largest absolute Gasteiger partial charge is 0.338 e. The topological polar surface area (TPSA) is 61.4 Å². The van der Waals surface area contributed by atoms with Crippen LogP contribution >= 0.6 is 0 Å². The highest BCUT2D eigenvalue weighted by Gasteiger charge is 2.19. The predicted molar refractivity (Wildman–Crippen MR) is 120 cm³/mol. The first kappa shape index (κ1) is 21.9. The Morgan fingerprint density at radius 3 is 2.63 bits per heavy atom. The number of aryl methyl sites for hydroxylation is 2. The Labute approximate surface area is 179 Å². The number of amides is 3. The Morgan fingerprint density at radius 2 is 1.87 bits per heavy atom. The van der Waals surface area contributed by atoms with Crippen molar-refractivity contribution >= 4 is 11.9 Å². The number of carbonyl (C=O) groups is 2. The molecule has 0 saturated carbocycles. The quantitative estimate of drug-likeness (QED) is 0.684. The first-order valence-electron chi connectivity index (χ1n) is 10.9. The Morgan fingerprint density at radius 1 is 1.10 bits per heavy atom. The minimum absolute atomic E-state index is 0.0430. The molecule has 5 nitrogen and oxygen atoms in total. The number of fused-ring (bicyclic) bond motifs is 1. The molecule has 1 aliphatic heterocycles. The summed E-state index contributed by atoms with van der Waals surface area (Å²) in [6.07, 6.45) is 2.83. The van der Waals surface area contributed by atoms with Crippen LogP contribution in [-0.2, 0) is 24.2 Å². The highest BCUT2D eigenvalue weighted by atomic mass is 16.2. The third-order valence-corrected chi connectivity index (χ3v) is 5.74. The first-order chi connectivity index (χ1) is 14.4. The van der Waals surface area contributed by atoms with Crippen LogP contribution in [0.5, 0.6) is 0 Å². The van der Waals surface area contributed by atoms with Crippen molar-refractivity contribution in [2.75, 3.05) is 13.1 Å². The predicted octanol–water partition coefficient (Wildman–Crippen LogP) is 3.90. The van der Waals surface area contributed by atoms with Crippen molar-refractivity contribution < 1.29 is 9.59 Å². The zero-order valence-electron chi connectivity index (χ0n) is 18.3. The van der Waals surface area contributed by atoms with Gasteiger partial charge in [-0.25, -0.2) is 4.79 Å². The Hall–Kier alpha value is -2.82. The van der Waals surface area contributed by atoms with Crippen LogP contribution in [0, 0.1) is 13.8 Å². The number of urea groups is 1. The molecule has 1 unspecified atom stereocenters. The van der Waals surface area contributed by atoms with E-state index < -0.39 is 0 Å². The van der Waals surface area contributed by atoms with Crippen LogP contribution in [0.4, 0.5) is 4.79 Å². The normalized spacial score (nSPS) is 14.0. The molecule has 3 amide bonds. The zero-order chi connectivity index (χ0) is 21.5. The summed E-state index contributed by atoms with van der Waals surface area (Å²) in [6, 6.07) is 14.6. The minimum Gasteiger partial charge on any atom is -0.338 e. The van der Waals surface area contributed by atoms with Gasteiger partial charge in [-0.15, -0.1) is 0 Å². The van der Waals surface area contributed by atoms with Crippen LogP contribution in [0.25, 0.3) is 0 Å². The maximum atomic E-state index is 12.5. The molecule has 0 fully saturated rings. The van der Waals surface area contributed by atoms with Crippen molar-refractivity contribution in [3.05, 3.63) is 70.3 Å². The highest BCUT2D eigenvalue weighted by molar-refractivity contribution is 5.77. The monoisotopic (exact) mass is 407 g/mol. The van der Waals surface area contributed by atoms with Gasteiger partial charge in [0.05, 0.1) is 0 Å². The second kappa shape index (κ2) is 10.3. The molecule has 0 spiro atoms. The Kier molecular flexibility index (Phi) is 7.50. The molecule has 2 N–H and O–H groups in total. The molecule has 0 radical (unpaired) electrons. The van der Waals surface area contributed by atoms with E-state index in [0.29, 0.717) is 25.9 Å². The lowest BCUT2D eigenvalue weighted by Crippen LogP contribution is -2.42. The lowest BCUT2D eigenvalue weighted by molar-refractivity contribution is -0.132. The number of carbonyl (C=O) groups excluding carboxylic acids is 2. The van der Waals surface area contributed by atoms with Gasteiger partial charge >= 0.3 is 6.03 Å². The van der Waals surface area contributed by atoms with Gasteiger partial charge in [-0.1, -0.05) is 48.0 Å². The lowest BCUT2D eigenvalue weighted by atomic mass is 9.99. The van der Waals surface area contributed by atoms with Gasteiger partial charge < -0.3 is 15.5 Å². The molecule has 3 rings (SSSR count). The van der Waals surface area contributed by atoms with E-state index in [-0.39, 0.29) is 18.0 Å². The van der Waals surface area contributed by atoms with E-state index in [9.17, 15) is 9.59 Å². The smallest absolute Gasteiger partial charge is 0.315 e. The van der Waals surface area contributed by atoms with Crippen molar-refractivity contribution in [2.45, 2.75) is 59.0 Å². The number of rotatable bonds is 7. The summed E-state index contributed by atoms with van der Waals surface area (Å²) >= 11 is 0. The third-order valence-electron chi connectivity index (χ3n) is 5.74. The van der Waals surface area contributed by atoms with Crippen LogP contribution in [-0.4, -0.2) is 36.0 Å². The second-order valence-corrected chi connectivity index (χ2v) is 8.37. The molecule has 30 heavy (non-hydrogen) atoms. The van der Waals surface area contributed by atoms with Crippen LogP contribution in [0.1, 0.15) is 47.6 Å². The second-order valence-electron chi connectivity index (χ2n) is 8.37. The average Bonchev–Trinajstić information content (AvgIpc) is 2.72. The number of nitrogens with one attached hydrogen (secondary N) is 2. The molecular formula is C25H33N3O2. The summed E-state index contributed by atoms with van der Waals surface area (Å²) in [7, 11) is 0. The summed E-state index contributed by atoms with van der Waals surface area (Å²) in [5.74, 6) is 0.162. The van der Waals surface area contributed by atoms with Crippen LogP contribution in [0.15, 0.2) is 42.5 Å². The highest BCUT2D eigenvalue weighted by Crippen LogP contribution is 2.19. The van der Waals surface area contributed by atoms with Gasteiger partial charge in [0, 0.05) is 32.1 Å². The molecule has 160 valence electrons. The van der Waals surface area contributed by atoms with Crippen LogP contribution in [0.2, 0.25) is 0 Å². The maximum Gasteiger partial charge on any atom is 0.315 e. The molecule has 0 saturated heterocycles. The molecule has 2 aromatic carbocycles. The van der Waals surface area contributed by atoms with E-state index >= 15 is 0 Å². The summed E-state index contributed by atoms with van der Waals surface area (Å²) in [4.78, 5) is 26.6. The summed E-state index contributed by atoms with van der Waals surface area (Å²) in [6.45, 7) is 8.17. The van der Waals surface area contributed by atoms with Gasteiger partial charge in [0.2, 0.25) is 5.91 Å². The number of benzene rings is 2. The molecule has 0 aliphatic carbocycles. The standard InChI is InChI=1S/C25H33N3O2/c1-18-10-11-22(19(2)15-18)16-20(3)27-25(30)26-13-6-9-24(29)28-14-12-21-7-4-5-8-23(21)17-28/h4-5,7-8,10-11,15,20H,6,9,12-14,16-17H2,1-3H3,(H2,26,27,30). The van der Waals surface area contributed by atoms with Gasteiger partial charge in [0.15, 0.2) is 0 Å². The number of hydrogen-bond donors (Lipinski definition) is 2. The lowest BCUT2D eigenvalue weighted by Gasteiger charge is -2.29. The fourth-order valence-corrected chi connectivity index (χ4v) is 4.04. The van der Waals surface area contributed by atoms with Gasteiger partial charge in [-0.3, -0.25) is 4.79 Å². The van der Waals surface area contributed by atoms with Crippen molar-refractivity contribution in [3.8, 4) is 0 Å². The molecule has 1 atom stereocenters. The SMILES string of the molecule is Cc1ccc(CC(C)NC(=O)NCCCC(=O)N2CCc3ccccc3C2)c(C)c1. The fourth-order valence-electron chi connectivity index (χ4n) is 4.04. The molecule has 5 heteroatoms. The van der Waals surface area contributed by atoms with Crippen LogP contribution in [0.3, 0.4) is 0 Å². The zero-order valence-corrected chi connectivity index (χ0v) is 18.3. The van der Waals surface area contributed by atoms with Crippen LogP contribution < -0.4 is 10.6 Å². The van der Waals surface area contributed by atoms with Crippen molar-refractivity contribution in [2.24, 2.45) is 0 Å². The van der Waals surface area contributed by atoms with Crippen molar-refractivity contribution in [1.82, 2.24) is 15.5 Å². The van der Waals surface area contributed by atoms with E-state index in [1.807, 2.05) is 17.9 Å². The number of nitrogens with zero attached hydrogens (tertiary/aromatic N) is 1. The summed E-state index contributed by atoms with van der Waals surface area (Å²) < 4.78 is 0. The average molecular weight is 408 g/mol. The van der Waals surface area contributed by atoms with E-state index in [4.69, 9.17) is 0 Å². The van der Waals surface area contributed by atoms with Gasteiger partial charge in [-0.2, -0.15) is 0 Å². The molecule has 0 aromatic heterocycles. The molecule has 2 aromatic rings. The third kappa shape index (κ3) is 6.09. The Bertz CT molecular complexity index is 894. The van der Waals surface area contributed by atoms with E-state index in [2.05, 4.69) is 60.9 Å². The number of hydrogen-bond acceptors (Lipinski definition) is 2. The Balaban J connectivity index is 1.34. The van der Waals surface area contributed by atoms with Gasteiger partial charge in [-0.05, 0) is 62.3 Å². The van der Waals surface area contributed by atoms with Gasteiger partial charge in [0.1, 0.15) is 0 Å². The first-order valence-corrected chi connectivity index (χ1v) is 10.9. The van der Waals surface area contributed by atoms with Crippen molar-refractivity contribution in [1.29, 1.82) is 0 Å². The van der Waals surface area contributed by atoms with E-state index in [1.54, 1.807) is 0 Å². The van der Waals surface area contributed by atoms with E-state index in [1.165, 1.54) is 27.8 Å². The molecule has 1 aliphatic rings. The van der Waals surface area contributed by atoms with Crippen molar-refractivity contribution in [3.63, 3.8) is 0 Å². The molecular weight excluding hydrogens is 374 g/mol.